The van der Waals surface area contributed by atoms with Gasteiger partial charge >= 0.3 is 0 Å². The van der Waals surface area contributed by atoms with E-state index in [1.807, 2.05) is 30.3 Å². The molecule has 0 aliphatic rings. The molecule has 0 spiro atoms. The zero-order valence-electron chi connectivity index (χ0n) is 15.9. The fourth-order valence-corrected chi connectivity index (χ4v) is 3.86. The SMILES string of the molecule is CC(NS(=O)(=O)c1ccc(OCC(=O)NCc2ccco2)cc1)c1ccccc1. The average molecular weight is 414 g/mol. The van der Waals surface area contributed by atoms with E-state index in [2.05, 4.69) is 10.0 Å². The second-order valence-electron chi connectivity index (χ2n) is 6.37. The second-order valence-corrected chi connectivity index (χ2v) is 8.08. The molecule has 3 aromatic rings. The molecule has 3 rings (SSSR count). The van der Waals surface area contributed by atoms with Crippen molar-refractivity contribution in [1.29, 1.82) is 0 Å². The molecular formula is C21H22N2O5S. The van der Waals surface area contributed by atoms with E-state index in [9.17, 15) is 13.2 Å². The number of rotatable bonds is 9. The molecule has 0 bridgehead atoms. The Hall–Kier alpha value is -3.10. The van der Waals surface area contributed by atoms with E-state index in [4.69, 9.17) is 9.15 Å². The minimum Gasteiger partial charge on any atom is -0.484 e. The van der Waals surface area contributed by atoms with Gasteiger partial charge in [0.15, 0.2) is 6.61 Å². The van der Waals surface area contributed by atoms with E-state index in [1.165, 1.54) is 30.5 Å². The van der Waals surface area contributed by atoms with Crippen LogP contribution < -0.4 is 14.8 Å². The summed E-state index contributed by atoms with van der Waals surface area (Å²) in [6, 6.07) is 18.4. The number of sulfonamides is 1. The van der Waals surface area contributed by atoms with Crippen LogP contribution in [-0.2, 0) is 21.4 Å². The fraction of sp³-hybridized carbons (Fsp3) is 0.190. The summed E-state index contributed by atoms with van der Waals surface area (Å²) in [7, 11) is -3.68. The highest BCUT2D eigenvalue weighted by Crippen LogP contribution is 2.19. The topological polar surface area (TPSA) is 97.6 Å². The van der Waals surface area contributed by atoms with Crippen LogP contribution in [0.3, 0.4) is 0 Å². The quantitative estimate of drug-likeness (QED) is 0.561. The maximum Gasteiger partial charge on any atom is 0.258 e. The highest BCUT2D eigenvalue weighted by molar-refractivity contribution is 7.89. The molecule has 1 amide bonds. The van der Waals surface area contributed by atoms with Gasteiger partial charge in [0.2, 0.25) is 10.0 Å². The molecule has 1 atom stereocenters. The Balaban J connectivity index is 1.52. The summed E-state index contributed by atoms with van der Waals surface area (Å²) in [6.45, 7) is 1.87. The van der Waals surface area contributed by atoms with Crippen LogP contribution >= 0.6 is 0 Å². The van der Waals surface area contributed by atoms with Crippen molar-refractivity contribution in [2.75, 3.05) is 6.61 Å². The van der Waals surface area contributed by atoms with Crippen LogP contribution in [0.25, 0.3) is 0 Å². The maximum absolute atomic E-state index is 12.6. The molecule has 0 aliphatic carbocycles. The van der Waals surface area contributed by atoms with Crippen LogP contribution in [0, 0.1) is 0 Å². The third-order valence-electron chi connectivity index (χ3n) is 4.18. The molecule has 2 N–H and O–H groups in total. The van der Waals surface area contributed by atoms with Gasteiger partial charge < -0.3 is 14.5 Å². The molecule has 0 fully saturated rings. The normalized spacial score (nSPS) is 12.3. The zero-order chi connectivity index (χ0) is 20.7. The Labute approximate surface area is 169 Å². The molecule has 2 aromatic carbocycles. The molecule has 0 aliphatic heterocycles. The third-order valence-corrected chi connectivity index (χ3v) is 5.73. The lowest BCUT2D eigenvalue weighted by Crippen LogP contribution is -2.28. The Morgan fingerprint density at radius 2 is 1.76 bits per heavy atom. The number of amides is 1. The summed E-state index contributed by atoms with van der Waals surface area (Å²) in [6.07, 6.45) is 1.53. The van der Waals surface area contributed by atoms with Crippen LogP contribution in [0.1, 0.15) is 24.3 Å². The Kier molecular flexibility index (Phi) is 6.69. The highest BCUT2D eigenvalue weighted by Gasteiger charge is 2.18. The first kappa shape index (κ1) is 20.6. The molecule has 1 heterocycles. The van der Waals surface area contributed by atoms with E-state index in [-0.39, 0.29) is 30.0 Å². The molecule has 0 saturated heterocycles. The summed E-state index contributed by atoms with van der Waals surface area (Å²) in [5.74, 6) is 0.731. The van der Waals surface area contributed by atoms with Gasteiger partial charge in [-0.1, -0.05) is 30.3 Å². The van der Waals surface area contributed by atoms with E-state index >= 15 is 0 Å². The number of hydrogen-bond donors (Lipinski definition) is 2. The number of carbonyl (C=O) groups is 1. The van der Waals surface area contributed by atoms with Crippen molar-refractivity contribution < 1.29 is 22.4 Å². The average Bonchev–Trinajstić information content (AvgIpc) is 3.25. The molecular weight excluding hydrogens is 392 g/mol. The number of furan rings is 1. The molecule has 0 saturated carbocycles. The number of ether oxygens (including phenoxy) is 1. The second kappa shape index (κ2) is 9.40. The minimum atomic E-state index is -3.68. The van der Waals surface area contributed by atoms with E-state index in [0.717, 1.165) is 5.56 Å². The van der Waals surface area contributed by atoms with Gasteiger partial charge in [-0.15, -0.1) is 0 Å². The van der Waals surface area contributed by atoms with Gasteiger partial charge in [-0.3, -0.25) is 4.79 Å². The number of nitrogens with one attached hydrogen (secondary N) is 2. The van der Waals surface area contributed by atoms with Crippen molar-refractivity contribution in [2.24, 2.45) is 0 Å². The summed E-state index contributed by atoms with van der Waals surface area (Å²) >= 11 is 0. The number of hydrogen-bond acceptors (Lipinski definition) is 5. The Morgan fingerprint density at radius 1 is 1.03 bits per heavy atom. The fourth-order valence-electron chi connectivity index (χ4n) is 2.62. The van der Waals surface area contributed by atoms with Gasteiger partial charge in [0.05, 0.1) is 17.7 Å². The molecule has 1 aromatic heterocycles. The van der Waals surface area contributed by atoms with Crippen LogP contribution in [0.4, 0.5) is 0 Å². The molecule has 152 valence electrons. The lowest BCUT2D eigenvalue weighted by Gasteiger charge is -2.15. The number of carbonyl (C=O) groups excluding carboxylic acids is 1. The first-order valence-corrected chi connectivity index (χ1v) is 10.5. The summed E-state index contributed by atoms with van der Waals surface area (Å²) in [5.41, 5.74) is 0.872. The predicted octanol–water partition coefficient (Wildman–Crippen LogP) is 3.01. The van der Waals surface area contributed by atoms with Gasteiger partial charge in [-0.2, -0.15) is 0 Å². The van der Waals surface area contributed by atoms with Crippen molar-refractivity contribution in [3.05, 3.63) is 84.3 Å². The summed E-state index contributed by atoms with van der Waals surface area (Å²) in [5, 5.41) is 2.66. The van der Waals surface area contributed by atoms with Crippen molar-refractivity contribution >= 4 is 15.9 Å². The lowest BCUT2D eigenvalue weighted by molar-refractivity contribution is -0.123. The third kappa shape index (κ3) is 5.94. The lowest BCUT2D eigenvalue weighted by atomic mass is 10.1. The van der Waals surface area contributed by atoms with Gasteiger partial charge in [0, 0.05) is 6.04 Å². The van der Waals surface area contributed by atoms with Crippen LogP contribution in [0.2, 0.25) is 0 Å². The van der Waals surface area contributed by atoms with E-state index in [0.29, 0.717) is 11.5 Å². The molecule has 1 unspecified atom stereocenters. The zero-order valence-corrected chi connectivity index (χ0v) is 16.7. The number of benzene rings is 2. The Morgan fingerprint density at radius 3 is 2.41 bits per heavy atom. The Bertz CT molecular complexity index is 1020. The highest BCUT2D eigenvalue weighted by atomic mass is 32.2. The van der Waals surface area contributed by atoms with Crippen LogP contribution in [0.5, 0.6) is 5.75 Å². The first-order chi connectivity index (χ1) is 13.9. The van der Waals surface area contributed by atoms with Crippen molar-refractivity contribution in [3.63, 3.8) is 0 Å². The maximum atomic E-state index is 12.6. The first-order valence-electron chi connectivity index (χ1n) is 9.03. The summed E-state index contributed by atoms with van der Waals surface area (Å²) < 4.78 is 38.3. The van der Waals surface area contributed by atoms with Gasteiger partial charge in [-0.25, -0.2) is 13.1 Å². The van der Waals surface area contributed by atoms with Crippen molar-refractivity contribution in [1.82, 2.24) is 10.0 Å². The molecule has 29 heavy (non-hydrogen) atoms. The monoisotopic (exact) mass is 414 g/mol. The summed E-state index contributed by atoms with van der Waals surface area (Å²) in [4.78, 5) is 11.9. The van der Waals surface area contributed by atoms with E-state index < -0.39 is 10.0 Å². The molecule has 8 heteroatoms. The minimum absolute atomic E-state index is 0.120. The van der Waals surface area contributed by atoms with E-state index in [1.54, 1.807) is 19.1 Å². The van der Waals surface area contributed by atoms with Gasteiger partial charge in [0.25, 0.3) is 5.91 Å². The predicted molar refractivity (Wildman–Crippen MR) is 108 cm³/mol. The molecule has 0 radical (unpaired) electrons. The molecule has 7 nitrogen and oxygen atoms in total. The van der Waals surface area contributed by atoms with Crippen LogP contribution in [0.15, 0.2) is 82.3 Å². The largest absolute Gasteiger partial charge is 0.484 e. The smallest absolute Gasteiger partial charge is 0.258 e. The van der Waals surface area contributed by atoms with Gasteiger partial charge in [0.1, 0.15) is 11.5 Å². The standard InChI is InChI=1S/C21H22N2O5S/c1-16(17-6-3-2-4-7-17)23-29(25,26)20-11-9-18(10-12-20)28-15-21(24)22-14-19-8-5-13-27-19/h2-13,16,23H,14-15H2,1H3,(H,22,24). The van der Waals surface area contributed by atoms with Crippen LogP contribution in [-0.4, -0.2) is 20.9 Å². The van der Waals surface area contributed by atoms with Crippen molar-refractivity contribution in [3.8, 4) is 5.75 Å². The van der Waals surface area contributed by atoms with Crippen molar-refractivity contribution in [2.45, 2.75) is 24.4 Å². The van der Waals surface area contributed by atoms with Gasteiger partial charge in [-0.05, 0) is 48.9 Å².